The van der Waals surface area contributed by atoms with Gasteiger partial charge in [0.05, 0.1) is 16.4 Å². The number of hydrogen-bond acceptors (Lipinski definition) is 1. The van der Waals surface area contributed by atoms with Gasteiger partial charge in [-0.3, -0.25) is 4.99 Å². The molecule has 4 heteroatoms. The van der Waals surface area contributed by atoms with Gasteiger partial charge in [-0.2, -0.15) is 0 Å². The van der Waals surface area contributed by atoms with Crippen LogP contribution in [-0.4, -0.2) is 10.8 Å². The van der Waals surface area contributed by atoms with Gasteiger partial charge in [-0.1, -0.05) is 41.4 Å². The molecule has 0 radical (unpaired) electrons. The molecule has 3 aromatic rings. The maximum Gasteiger partial charge on any atom is 0.0661 e. The van der Waals surface area contributed by atoms with Crippen LogP contribution in [0.3, 0.4) is 0 Å². The van der Waals surface area contributed by atoms with Crippen molar-refractivity contribution < 1.29 is 0 Å². The Morgan fingerprint density at radius 3 is 2.39 bits per heavy atom. The molecular weight excluding hydrogens is 327 g/mol. The van der Waals surface area contributed by atoms with Crippen LogP contribution in [0.1, 0.15) is 17.0 Å². The van der Waals surface area contributed by atoms with E-state index >= 15 is 0 Å². The first kappa shape index (κ1) is 15.9. The number of para-hydroxylation sites is 1. The monoisotopic (exact) mass is 342 g/mol. The molecule has 0 saturated carbocycles. The quantitative estimate of drug-likeness (QED) is 0.507. The lowest BCUT2D eigenvalue weighted by molar-refractivity contribution is 0.965. The van der Waals surface area contributed by atoms with Crippen molar-refractivity contribution in [1.29, 1.82) is 0 Å². The van der Waals surface area contributed by atoms with Crippen LogP contribution in [0.25, 0.3) is 5.69 Å². The number of nitrogens with zero attached hydrogens (tertiary/aromatic N) is 2. The number of benzene rings is 2. The van der Waals surface area contributed by atoms with E-state index in [-0.39, 0.29) is 0 Å². The van der Waals surface area contributed by atoms with Crippen molar-refractivity contribution in [2.75, 3.05) is 0 Å². The third-order valence-electron chi connectivity index (χ3n) is 3.73. The van der Waals surface area contributed by atoms with Crippen molar-refractivity contribution in [2.24, 2.45) is 4.99 Å². The molecule has 0 N–H and O–H groups in total. The van der Waals surface area contributed by atoms with E-state index in [0.29, 0.717) is 10.0 Å². The standard InChI is InChI=1S/C19H16Cl2N2/c1-13-10-15(12-22-17-6-4-3-5-7-17)14(2)23(13)19-9-8-16(20)11-18(19)21/h3-12H,1-2H3. The van der Waals surface area contributed by atoms with Gasteiger partial charge in [-0.05, 0) is 50.2 Å². The lowest BCUT2D eigenvalue weighted by Crippen LogP contribution is -2.00. The van der Waals surface area contributed by atoms with Crippen LogP contribution in [0.5, 0.6) is 0 Å². The first-order valence-corrected chi connectivity index (χ1v) is 8.05. The zero-order valence-corrected chi connectivity index (χ0v) is 14.4. The minimum absolute atomic E-state index is 0.630. The van der Waals surface area contributed by atoms with Crippen molar-refractivity contribution in [3.05, 3.63) is 81.6 Å². The Hall–Kier alpha value is -2.03. The summed E-state index contributed by atoms with van der Waals surface area (Å²) >= 11 is 12.3. The fourth-order valence-electron chi connectivity index (χ4n) is 2.61. The average Bonchev–Trinajstić information content (AvgIpc) is 2.81. The third kappa shape index (κ3) is 3.34. The van der Waals surface area contributed by atoms with Gasteiger partial charge in [-0.25, -0.2) is 0 Å². The van der Waals surface area contributed by atoms with Crippen LogP contribution in [0.2, 0.25) is 10.0 Å². The van der Waals surface area contributed by atoms with Gasteiger partial charge in [0.15, 0.2) is 0 Å². The Labute approximate surface area is 146 Å². The van der Waals surface area contributed by atoms with Crippen LogP contribution in [0, 0.1) is 13.8 Å². The van der Waals surface area contributed by atoms with Gasteiger partial charge in [0.2, 0.25) is 0 Å². The smallest absolute Gasteiger partial charge is 0.0661 e. The SMILES string of the molecule is Cc1cc(C=Nc2ccccc2)c(C)n1-c1ccc(Cl)cc1Cl. The van der Waals surface area contributed by atoms with Crippen molar-refractivity contribution in [3.8, 4) is 5.69 Å². The molecule has 23 heavy (non-hydrogen) atoms. The second kappa shape index (κ2) is 6.61. The Morgan fingerprint density at radius 2 is 1.70 bits per heavy atom. The minimum atomic E-state index is 0.630. The van der Waals surface area contributed by atoms with Gasteiger partial charge in [0.1, 0.15) is 0 Å². The molecule has 2 aromatic carbocycles. The Balaban J connectivity index is 2.01. The van der Waals surface area contributed by atoms with Gasteiger partial charge in [0, 0.05) is 28.2 Å². The largest absolute Gasteiger partial charge is 0.316 e. The Bertz CT molecular complexity index is 865. The van der Waals surface area contributed by atoms with Crippen LogP contribution in [0.15, 0.2) is 59.6 Å². The van der Waals surface area contributed by atoms with Crippen LogP contribution < -0.4 is 0 Å². The summed E-state index contributed by atoms with van der Waals surface area (Å²) in [6.45, 7) is 4.11. The molecule has 2 nitrogen and oxygen atoms in total. The number of aliphatic imine (C=N–C) groups is 1. The number of hydrogen-bond donors (Lipinski definition) is 0. The molecule has 0 atom stereocenters. The molecule has 0 saturated heterocycles. The topological polar surface area (TPSA) is 17.3 Å². The Kier molecular flexibility index (Phi) is 4.56. The molecular formula is C19H16Cl2N2. The molecule has 116 valence electrons. The molecule has 3 rings (SSSR count). The fraction of sp³-hybridized carbons (Fsp3) is 0.105. The third-order valence-corrected chi connectivity index (χ3v) is 4.27. The van der Waals surface area contributed by atoms with E-state index in [1.165, 1.54) is 0 Å². The summed E-state index contributed by atoms with van der Waals surface area (Å²) in [5, 5.41) is 1.26. The molecule has 0 amide bonds. The highest BCUT2D eigenvalue weighted by molar-refractivity contribution is 6.35. The van der Waals surface area contributed by atoms with E-state index in [1.54, 1.807) is 6.07 Å². The number of rotatable bonds is 3. The minimum Gasteiger partial charge on any atom is -0.316 e. The predicted molar refractivity (Wildman–Crippen MR) is 99.0 cm³/mol. The van der Waals surface area contributed by atoms with Crippen LogP contribution >= 0.6 is 23.2 Å². The average molecular weight is 343 g/mol. The zero-order chi connectivity index (χ0) is 16.4. The zero-order valence-electron chi connectivity index (χ0n) is 12.9. The summed E-state index contributed by atoms with van der Waals surface area (Å²) in [6, 6.07) is 17.5. The van der Waals surface area contributed by atoms with E-state index in [4.69, 9.17) is 23.2 Å². The molecule has 0 aliphatic heterocycles. The maximum absolute atomic E-state index is 6.35. The first-order chi connectivity index (χ1) is 11.1. The predicted octanol–water partition coefficient (Wildman–Crippen LogP) is 6.15. The first-order valence-electron chi connectivity index (χ1n) is 7.30. The molecule has 1 heterocycles. The van der Waals surface area contributed by atoms with Gasteiger partial charge in [0.25, 0.3) is 0 Å². The van der Waals surface area contributed by atoms with E-state index < -0.39 is 0 Å². The van der Waals surface area contributed by atoms with Gasteiger partial charge < -0.3 is 4.57 Å². The summed E-state index contributed by atoms with van der Waals surface area (Å²) in [4.78, 5) is 4.53. The molecule has 0 aliphatic carbocycles. The summed E-state index contributed by atoms with van der Waals surface area (Å²) in [5.41, 5.74) is 5.11. The van der Waals surface area contributed by atoms with Crippen molar-refractivity contribution in [2.45, 2.75) is 13.8 Å². The highest BCUT2D eigenvalue weighted by Crippen LogP contribution is 2.28. The fourth-order valence-corrected chi connectivity index (χ4v) is 3.10. The van der Waals surface area contributed by atoms with Crippen molar-refractivity contribution in [3.63, 3.8) is 0 Å². The highest BCUT2D eigenvalue weighted by Gasteiger charge is 2.12. The molecule has 0 unspecified atom stereocenters. The molecule has 0 bridgehead atoms. The molecule has 1 aromatic heterocycles. The van der Waals surface area contributed by atoms with E-state index in [2.05, 4.69) is 29.5 Å². The second-order valence-corrected chi connectivity index (χ2v) is 6.19. The molecule has 0 spiro atoms. The molecule has 0 fully saturated rings. The van der Waals surface area contributed by atoms with Gasteiger partial charge in [-0.15, -0.1) is 0 Å². The second-order valence-electron chi connectivity index (χ2n) is 5.35. The highest BCUT2D eigenvalue weighted by atomic mass is 35.5. The van der Waals surface area contributed by atoms with Crippen LogP contribution in [0.4, 0.5) is 5.69 Å². The van der Waals surface area contributed by atoms with E-state index in [0.717, 1.165) is 28.3 Å². The van der Waals surface area contributed by atoms with Crippen molar-refractivity contribution >= 4 is 35.1 Å². The Morgan fingerprint density at radius 1 is 0.957 bits per heavy atom. The summed E-state index contributed by atoms with van der Waals surface area (Å²) in [5.74, 6) is 0. The number of halogens is 2. The number of aromatic nitrogens is 1. The lowest BCUT2D eigenvalue weighted by atomic mass is 10.2. The molecule has 0 aliphatic rings. The van der Waals surface area contributed by atoms with Gasteiger partial charge >= 0.3 is 0 Å². The van der Waals surface area contributed by atoms with E-state index in [9.17, 15) is 0 Å². The number of aryl methyl sites for hydroxylation is 1. The van der Waals surface area contributed by atoms with Crippen LogP contribution in [-0.2, 0) is 0 Å². The van der Waals surface area contributed by atoms with Crippen molar-refractivity contribution in [1.82, 2.24) is 4.57 Å². The maximum atomic E-state index is 6.35. The summed E-state index contributed by atoms with van der Waals surface area (Å²) in [6.07, 6.45) is 1.89. The lowest BCUT2D eigenvalue weighted by Gasteiger charge is -2.11. The summed E-state index contributed by atoms with van der Waals surface area (Å²) < 4.78 is 2.12. The normalized spacial score (nSPS) is 11.3. The summed E-state index contributed by atoms with van der Waals surface area (Å²) in [7, 11) is 0. The van der Waals surface area contributed by atoms with E-state index in [1.807, 2.05) is 48.7 Å².